The predicted molar refractivity (Wildman–Crippen MR) is 317 cm³/mol. The van der Waals surface area contributed by atoms with Crippen molar-refractivity contribution in [2.24, 2.45) is 0 Å². The van der Waals surface area contributed by atoms with E-state index in [0.717, 1.165) is 34.0 Å². The van der Waals surface area contributed by atoms with Gasteiger partial charge >= 0.3 is 0 Å². The summed E-state index contributed by atoms with van der Waals surface area (Å²) in [6, 6.07) is 82.6. The normalized spacial score (nSPS) is 16.1. The molecule has 1 atom stereocenters. The fraction of sp³-hybridized carbons (Fsp3) is 0.0725. The number of fused-ring (bicyclic) bond motifs is 18. The Hall–Kier alpha value is -8.22. The van der Waals surface area contributed by atoms with E-state index in [4.69, 9.17) is 4.11 Å². The molecule has 2 aliphatic heterocycles. The van der Waals surface area contributed by atoms with Crippen molar-refractivity contribution in [1.29, 1.82) is 0 Å². The van der Waals surface area contributed by atoms with E-state index in [1.165, 1.54) is 108 Å². The van der Waals surface area contributed by atoms with Gasteiger partial charge in [0.25, 0.3) is 6.71 Å². The second-order valence-electron chi connectivity index (χ2n) is 20.6. The topological polar surface area (TPSA) is 6.48 Å². The Morgan fingerprint density at radius 2 is 1.18 bits per heavy atom. The summed E-state index contributed by atoms with van der Waals surface area (Å²) >= 11 is 3.89. The van der Waals surface area contributed by atoms with Gasteiger partial charge in [0.15, 0.2) is 0 Å². The van der Waals surface area contributed by atoms with Gasteiger partial charge in [-0.15, -0.1) is 22.7 Å². The van der Waals surface area contributed by atoms with Gasteiger partial charge in [-0.1, -0.05) is 183 Å². The molecule has 4 heterocycles. The third-order valence-electron chi connectivity index (χ3n) is 16.5. The van der Waals surface area contributed by atoms with Gasteiger partial charge in [0.2, 0.25) is 0 Å². The SMILES string of the molecule is [2H]C([2H])([2H])c1ccc(N2c3cc(-c4cc(C(C)C)ccc4-c4ccccc4)ccc3B3c4sc5c(c4N(c4ccccc4)c4cccc2c43)-c2ccccc2C52c3ccccc3-c3cc4sc5ccccc5c4cc32)cc1. The minimum atomic E-state index is -2.23. The van der Waals surface area contributed by atoms with Gasteiger partial charge in [-0.25, -0.2) is 0 Å². The highest BCUT2D eigenvalue weighted by atomic mass is 32.1. The van der Waals surface area contributed by atoms with Crippen LogP contribution in [0.3, 0.4) is 0 Å². The van der Waals surface area contributed by atoms with Gasteiger partial charge in [0.05, 0.1) is 11.1 Å². The third-order valence-corrected chi connectivity index (χ3v) is 19.0. The average Bonchev–Trinajstić information content (AvgIpc) is 3.14. The maximum atomic E-state index is 8.35. The lowest BCUT2D eigenvalue weighted by atomic mass is 9.36. The molecule has 74 heavy (non-hydrogen) atoms. The molecular weight excluding hydrogens is 932 g/mol. The first-order valence-corrected chi connectivity index (χ1v) is 27.4. The van der Waals surface area contributed by atoms with Crippen LogP contribution in [0.1, 0.15) is 56.6 Å². The van der Waals surface area contributed by atoms with Gasteiger partial charge in [-0.2, -0.15) is 0 Å². The summed E-state index contributed by atoms with van der Waals surface area (Å²) < 4.78 is 29.0. The maximum Gasteiger partial charge on any atom is 0.264 e. The summed E-state index contributed by atoms with van der Waals surface area (Å²) in [5.74, 6) is 0.339. The number of aryl methyl sites for hydroxylation is 1. The Morgan fingerprint density at radius 1 is 0.473 bits per heavy atom. The van der Waals surface area contributed by atoms with Gasteiger partial charge in [-0.3, -0.25) is 0 Å². The Kier molecular flexibility index (Phi) is 8.32. The second kappa shape index (κ2) is 15.6. The number of para-hydroxylation sites is 1. The molecule has 4 aliphatic rings. The Morgan fingerprint density at radius 3 is 1.97 bits per heavy atom. The number of rotatable bonds is 5. The maximum absolute atomic E-state index is 8.35. The fourth-order valence-corrected chi connectivity index (χ4v) is 16.2. The minimum Gasteiger partial charge on any atom is -0.311 e. The van der Waals surface area contributed by atoms with E-state index >= 15 is 0 Å². The molecule has 0 bridgehead atoms. The second-order valence-corrected chi connectivity index (χ2v) is 22.8. The minimum absolute atomic E-state index is 0.132. The van der Waals surface area contributed by atoms with Crippen LogP contribution in [-0.2, 0) is 5.41 Å². The zero-order valence-electron chi connectivity index (χ0n) is 43.7. The smallest absolute Gasteiger partial charge is 0.264 e. The van der Waals surface area contributed by atoms with Gasteiger partial charge in [0.1, 0.15) is 0 Å². The Labute approximate surface area is 444 Å². The molecule has 0 radical (unpaired) electrons. The van der Waals surface area contributed by atoms with E-state index in [2.05, 4.69) is 224 Å². The van der Waals surface area contributed by atoms with Crippen LogP contribution >= 0.6 is 22.7 Å². The molecule has 0 saturated heterocycles. The molecule has 1 unspecified atom stereocenters. The first kappa shape index (κ1) is 39.3. The van der Waals surface area contributed by atoms with Crippen molar-refractivity contribution in [3.8, 4) is 44.5 Å². The van der Waals surface area contributed by atoms with E-state index in [0.29, 0.717) is 11.5 Å². The van der Waals surface area contributed by atoms with E-state index in [-0.39, 0.29) is 6.71 Å². The zero-order valence-corrected chi connectivity index (χ0v) is 42.4. The average molecular weight is 982 g/mol. The third kappa shape index (κ3) is 5.66. The number of thiophene rings is 2. The standard InChI is InChI=1S/C69H47BN2S2/c1-41(2)44-31-35-48(43-17-6-4-7-18-43)52(37-44)45-32-36-58-61(38-45)71(47-33-29-42(3)30-34-47)59-26-16-27-60-65(59)70(58)68-66(72(60)46-19-8-5-9-20-46)64-51-23-11-14-25-56(51)69(67(64)74-68)55-24-13-10-21-49(55)53-40-63-54(39-57(53)69)50-22-12-15-28-62(50)73-63/h4-41H,1-3H3/i3D3. The molecule has 1 spiro atoms. The van der Waals surface area contributed by atoms with Crippen molar-refractivity contribution >= 4 is 99.4 Å². The van der Waals surface area contributed by atoms with Crippen LogP contribution in [0.4, 0.5) is 34.1 Å². The molecule has 16 rings (SSSR count). The van der Waals surface area contributed by atoms with Crippen molar-refractivity contribution in [2.75, 3.05) is 9.80 Å². The van der Waals surface area contributed by atoms with Crippen LogP contribution in [0.25, 0.3) is 64.7 Å². The Balaban J connectivity index is 1.01. The van der Waals surface area contributed by atoms with Crippen LogP contribution < -0.4 is 25.5 Å². The van der Waals surface area contributed by atoms with E-state index in [1.807, 2.05) is 34.8 Å². The van der Waals surface area contributed by atoms with Gasteiger partial charge in [0, 0.05) is 67.9 Å². The van der Waals surface area contributed by atoms with Crippen molar-refractivity contribution < 1.29 is 4.11 Å². The molecule has 2 aliphatic carbocycles. The molecule has 2 aromatic heterocycles. The van der Waals surface area contributed by atoms with Gasteiger partial charge < -0.3 is 9.80 Å². The summed E-state index contributed by atoms with van der Waals surface area (Å²) in [5.41, 5.74) is 23.9. The van der Waals surface area contributed by atoms with Crippen molar-refractivity contribution in [2.45, 2.75) is 32.0 Å². The van der Waals surface area contributed by atoms with E-state index < -0.39 is 12.3 Å². The van der Waals surface area contributed by atoms with Crippen molar-refractivity contribution in [3.63, 3.8) is 0 Å². The molecule has 0 amide bonds. The first-order valence-electron chi connectivity index (χ1n) is 27.2. The molecule has 10 aromatic carbocycles. The van der Waals surface area contributed by atoms with Gasteiger partial charge in [-0.05, 0) is 146 Å². The van der Waals surface area contributed by atoms with Crippen molar-refractivity contribution in [1.82, 2.24) is 0 Å². The number of benzene rings is 10. The molecule has 5 heteroatoms. The summed E-state index contributed by atoms with van der Waals surface area (Å²) in [5, 5.41) is 2.62. The predicted octanol–water partition coefficient (Wildman–Crippen LogP) is 17.3. The fourth-order valence-electron chi connectivity index (χ4n) is 13.4. The highest BCUT2D eigenvalue weighted by Gasteiger charge is 2.57. The van der Waals surface area contributed by atoms with Crippen LogP contribution in [-0.4, -0.2) is 6.71 Å². The first-order chi connectivity index (χ1) is 37.7. The van der Waals surface area contributed by atoms with Crippen LogP contribution in [0.2, 0.25) is 0 Å². The number of hydrogen-bond acceptors (Lipinski definition) is 4. The molecule has 348 valence electrons. The highest BCUT2D eigenvalue weighted by molar-refractivity contribution is 7.30. The Bertz CT molecular complexity index is 4440. The highest BCUT2D eigenvalue weighted by Crippen LogP contribution is 2.67. The van der Waals surface area contributed by atoms with E-state index in [1.54, 1.807) is 12.1 Å². The molecule has 0 saturated carbocycles. The zero-order chi connectivity index (χ0) is 51.5. The van der Waals surface area contributed by atoms with Crippen LogP contribution in [0.5, 0.6) is 0 Å². The molecule has 0 fully saturated rings. The summed E-state index contributed by atoms with van der Waals surface area (Å²) in [6.07, 6.45) is 0. The largest absolute Gasteiger partial charge is 0.311 e. The van der Waals surface area contributed by atoms with Crippen LogP contribution in [0, 0.1) is 6.85 Å². The number of anilines is 6. The lowest BCUT2D eigenvalue weighted by Crippen LogP contribution is -2.60. The molecule has 0 N–H and O–H groups in total. The summed E-state index contributed by atoms with van der Waals surface area (Å²) in [4.78, 5) is 6.33. The summed E-state index contributed by atoms with van der Waals surface area (Å²) in [6.45, 7) is 2.17. The lowest BCUT2D eigenvalue weighted by molar-refractivity contribution is 0.813. The number of hydrogen-bond donors (Lipinski definition) is 0. The lowest BCUT2D eigenvalue weighted by Gasteiger charge is -2.43. The molecule has 2 nitrogen and oxygen atoms in total. The van der Waals surface area contributed by atoms with Crippen molar-refractivity contribution in [3.05, 3.63) is 257 Å². The molecule has 12 aromatic rings. The monoisotopic (exact) mass is 981 g/mol. The quantitative estimate of drug-likeness (QED) is 0.159. The van der Waals surface area contributed by atoms with Crippen LogP contribution in [0.15, 0.2) is 224 Å². The summed E-state index contributed by atoms with van der Waals surface area (Å²) in [7, 11) is 0. The molecular formula is C69H47BN2S2. The number of nitrogens with zero attached hydrogens (tertiary/aromatic N) is 2. The van der Waals surface area contributed by atoms with E-state index in [9.17, 15) is 0 Å².